The fourth-order valence-electron chi connectivity index (χ4n) is 2.54. The van der Waals surface area contributed by atoms with Gasteiger partial charge in [0.1, 0.15) is 11.6 Å². The van der Waals surface area contributed by atoms with E-state index in [2.05, 4.69) is 9.97 Å². The minimum atomic E-state index is -0.593. The Morgan fingerprint density at radius 2 is 2.10 bits per heavy atom. The number of halogens is 2. The smallest absolute Gasteiger partial charge is 0.256 e. The summed E-state index contributed by atoms with van der Waals surface area (Å²) in [5.41, 5.74) is 1.66. The zero-order chi connectivity index (χ0) is 15.0. The zero-order valence-electron chi connectivity index (χ0n) is 11.1. The summed E-state index contributed by atoms with van der Waals surface area (Å²) in [6.45, 7) is 1.42. The lowest BCUT2D eigenvalue weighted by atomic mass is 10.1. The van der Waals surface area contributed by atoms with Crippen LogP contribution in [0.4, 0.5) is 8.78 Å². The van der Waals surface area contributed by atoms with Gasteiger partial charge in [-0.05, 0) is 18.3 Å². The van der Waals surface area contributed by atoms with Crippen LogP contribution in [0.2, 0.25) is 0 Å². The van der Waals surface area contributed by atoms with Crippen molar-refractivity contribution in [3.05, 3.63) is 61.8 Å². The van der Waals surface area contributed by atoms with Crippen molar-refractivity contribution in [2.24, 2.45) is 0 Å². The lowest BCUT2D eigenvalue weighted by Gasteiger charge is -2.27. The van der Waals surface area contributed by atoms with Crippen LogP contribution < -0.4 is 5.56 Å². The minimum Gasteiger partial charge on any atom is -0.335 e. The molecule has 2 aromatic rings. The summed E-state index contributed by atoms with van der Waals surface area (Å²) < 4.78 is 26.9. The van der Waals surface area contributed by atoms with E-state index in [1.807, 2.05) is 4.90 Å². The fourth-order valence-corrected chi connectivity index (χ4v) is 2.75. The van der Waals surface area contributed by atoms with Crippen LogP contribution in [0.5, 0.6) is 0 Å². The first-order valence-electron chi connectivity index (χ1n) is 6.53. The standard InChI is InChI=1S/C14H13F2N3OS/c15-9-2-1-8(11(16)5-9)6-19-4-3-12-10(7-19)13(20)18-14(21)17-12/h1-2,5H,3-4,6-7H2,(H2,17,18,20,21). The molecule has 0 aliphatic carbocycles. The molecular weight excluding hydrogens is 296 g/mol. The Morgan fingerprint density at radius 1 is 1.29 bits per heavy atom. The van der Waals surface area contributed by atoms with Gasteiger partial charge in [-0.15, -0.1) is 0 Å². The third kappa shape index (κ3) is 2.93. The normalized spacial score (nSPS) is 15.0. The molecule has 1 aliphatic rings. The molecule has 0 saturated carbocycles. The Balaban J connectivity index is 1.83. The summed E-state index contributed by atoms with van der Waals surface area (Å²) >= 11 is 4.94. The van der Waals surface area contributed by atoms with Crippen LogP contribution in [0.15, 0.2) is 23.0 Å². The number of aromatic nitrogens is 2. The van der Waals surface area contributed by atoms with Crippen molar-refractivity contribution >= 4 is 12.2 Å². The van der Waals surface area contributed by atoms with Crippen molar-refractivity contribution in [1.82, 2.24) is 14.9 Å². The first kappa shape index (κ1) is 14.1. The molecule has 4 nitrogen and oxygen atoms in total. The van der Waals surface area contributed by atoms with Crippen LogP contribution in [0, 0.1) is 16.4 Å². The molecule has 2 heterocycles. The van der Waals surface area contributed by atoms with Crippen LogP contribution >= 0.6 is 12.2 Å². The third-order valence-electron chi connectivity index (χ3n) is 3.60. The van der Waals surface area contributed by atoms with Crippen molar-refractivity contribution in [1.29, 1.82) is 0 Å². The first-order valence-corrected chi connectivity index (χ1v) is 6.94. The monoisotopic (exact) mass is 309 g/mol. The van der Waals surface area contributed by atoms with Crippen LogP contribution in [0.3, 0.4) is 0 Å². The van der Waals surface area contributed by atoms with Gasteiger partial charge >= 0.3 is 0 Å². The Bertz CT molecular complexity index is 800. The van der Waals surface area contributed by atoms with E-state index in [4.69, 9.17) is 12.2 Å². The topological polar surface area (TPSA) is 51.9 Å². The van der Waals surface area contributed by atoms with Crippen molar-refractivity contribution in [2.45, 2.75) is 19.5 Å². The largest absolute Gasteiger partial charge is 0.335 e. The summed E-state index contributed by atoms with van der Waals surface area (Å²) in [7, 11) is 0. The van der Waals surface area contributed by atoms with Gasteiger partial charge in [0.2, 0.25) is 0 Å². The van der Waals surface area contributed by atoms with Crippen LogP contribution in [0.1, 0.15) is 16.8 Å². The summed E-state index contributed by atoms with van der Waals surface area (Å²) in [5.74, 6) is -1.16. The fraction of sp³-hybridized carbons (Fsp3) is 0.286. The highest BCUT2D eigenvalue weighted by molar-refractivity contribution is 7.71. The minimum absolute atomic E-state index is 0.210. The van der Waals surface area contributed by atoms with E-state index in [0.717, 1.165) is 11.8 Å². The van der Waals surface area contributed by atoms with Gasteiger partial charge in [0.15, 0.2) is 4.77 Å². The summed E-state index contributed by atoms with van der Waals surface area (Å²) in [6, 6.07) is 3.54. The highest BCUT2D eigenvalue weighted by Crippen LogP contribution is 2.18. The number of nitrogens with zero attached hydrogens (tertiary/aromatic N) is 1. The number of nitrogens with one attached hydrogen (secondary N) is 2. The van der Waals surface area contributed by atoms with Gasteiger partial charge in [-0.3, -0.25) is 14.7 Å². The number of rotatable bonds is 2. The number of benzene rings is 1. The number of H-pyrrole nitrogens is 2. The molecule has 0 amide bonds. The molecule has 0 unspecified atom stereocenters. The molecule has 2 N–H and O–H groups in total. The lowest BCUT2D eigenvalue weighted by Crippen LogP contribution is -2.35. The van der Waals surface area contributed by atoms with E-state index in [1.54, 1.807) is 0 Å². The molecule has 0 atom stereocenters. The Hall–Kier alpha value is -1.86. The molecule has 110 valence electrons. The second-order valence-corrected chi connectivity index (χ2v) is 5.47. The quantitative estimate of drug-likeness (QED) is 0.837. The van der Waals surface area contributed by atoms with E-state index in [-0.39, 0.29) is 5.56 Å². The summed E-state index contributed by atoms with van der Waals surface area (Å²) in [5, 5.41) is 0. The lowest BCUT2D eigenvalue weighted by molar-refractivity contribution is 0.238. The highest BCUT2D eigenvalue weighted by Gasteiger charge is 2.20. The second-order valence-electron chi connectivity index (χ2n) is 5.06. The summed E-state index contributed by atoms with van der Waals surface area (Å²) in [6.07, 6.45) is 0.645. The molecule has 7 heteroatoms. The molecule has 0 radical (unpaired) electrons. The number of aromatic amines is 2. The number of fused-ring (bicyclic) bond motifs is 1. The molecule has 21 heavy (non-hydrogen) atoms. The van der Waals surface area contributed by atoms with E-state index >= 15 is 0 Å². The van der Waals surface area contributed by atoms with Gasteiger partial charge in [0, 0.05) is 43.4 Å². The Morgan fingerprint density at radius 3 is 2.86 bits per heavy atom. The van der Waals surface area contributed by atoms with E-state index in [0.29, 0.717) is 42.0 Å². The number of hydrogen-bond donors (Lipinski definition) is 2. The Kier molecular flexibility index (Phi) is 3.69. The zero-order valence-corrected chi connectivity index (χ0v) is 11.9. The predicted molar refractivity (Wildman–Crippen MR) is 76.4 cm³/mol. The molecule has 1 aromatic carbocycles. The third-order valence-corrected chi connectivity index (χ3v) is 3.80. The molecule has 1 aromatic heterocycles. The maximum absolute atomic E-state index is 13.7. The van der Waals surface area contributed by atoms with Gasteiger partial charge < -0.3 is 4.98 Å². The van der Waals surface area contributed by atoms with Crippen LogP contribution in [0.25, 0.3) is 0 Å². The van der Waals surface area contributed by atoms with Gasteiger partial charge in [-0.25, -0.2) is 8.78 Å². The molecular formula is C14H13F2N3OS. The van der Waals surface area contributed by atoms with E-state index < -0.39 is 11.6 Å². The highest BCUT2D eigenvalue weighted by atomic mass is 32.1. The van der Waals surface area contributed by atoms with Crippen LogP contribution in [-0.2, 0) is 19.5 Å². The van der Waals surface area contributed by atoms with Crippen molar-refractivity contribution in [3.63, 3.8) is 0 Å². The molecule has 1 aliphatic heterocycles. The van der Waals surface area contributed by atoms with E-state index in [1.165, 1.54) is 12.1 Å². The van der Waals surface area contributed by atoms with Gasteiger partial charge in [-0.1, -0.05) is 6.07 Å². The molecule has 3 rings (SSSR count). The van der Waals surface area contributed by atoms with Gasteiger partial charge in [0.05, 0.1) is 5.56 Å². The van der Waals surface area contributed by atoms with Gasteiger partial charge in [-0.2, -0.15) is 0 Å². The van der Waals surface area contributed by atoms with Crippen molar-refractivity contribution in [2.75, 3.05) is 6.54 Å². The molecule has 0 bridgehead atoms. The average Bonchev–Trinajstić information content (AvgIpc) is 2.42. The maximum atomic E-state index is 13.7. The molecule has 0 saturated heterocycles. The first-order chi connectivity index (χ1) is 10.0. The maximum Gasteiger partial charge on any atom is 0.256 e. The van der Waals surface area contributed by atoms with Gasteiger partial charge in [0.25, 0.3) is 5.56 Å². The van der Waals surface area contributed by atoms with E-state index in [9.17, 15) is 13.6 Å². The summed E-state index contributed by atoms with van der Waals surface area (Å²) in [4.78, 5) is 19.4. The Labute approximate surface area is 124 Å². The molecule has 0 spiro atoms. The van der Waals surface area contributed by atoms with Crippen molar-refractivity contribution < 1.29 is 8.78 Å². The molecule has 0 fully saturated rings. The predicted octanol–water partition coefficient (Wildman–Crippen LogP) is 2.27. The average molecular weight is 309 g/mol. The van der Waals surface area contributed by atoms with Crippen LogP contribution in [-0.4, -0.2) is 21.4 Å². The SMILES string of the molecule is O=c1[nH]c(=S)[nH]c2c1CN(Cc1ccc(F)cc1F)CC2. The van der Waals surface area contributed by atoms with Crippen molar-refractivity contribution in [3.8, 4) is 0 Å². The second kappa shape index (κ2) is 5.50. The number of hydrogen-bond acceptors (Lipinski definition) is 3.